The highest BCUT2D eigenvalue weighted by Gasteiger charge is 2.25. The molecular formula is C30H36N2O2. The summed E-state index contributed by atoms with van der Waals surface area (Å²) in [6.45, 7) is 7.41. The number of fused-ring (bicyclic) bond motifs is 3. The molecule has 0 amide bonds. The fourth-order valence-corrected chi connectivity index (χ4v) is 6.05. The Balaban J connectivity index is 1.07. The first-order chi connectivity index (χ1) is 16.8. The van der Waals surface area contributed by atoms with E-state index in [2.05, 4.69) is 64.4 Å². The molecule has 178 valence electrons. The molecule has 0 aliphatic carbocycles. The Morgan fingerprint density at radius 2 is 1.65 bits per heavy atom. The van der Waals surface area contributed by atoms with Crippen LogP contribution in [0.4, 0.5) is 0 Å². The first-order valence-corrected chi connectivity index (χ1v) is 13.1. The number of nitrogens with zero attached hydrogens (tertiary/aromatic N) is 2. The molecule has 3 aliphatic rings. The molecule has 1 atom stereocenters. The topological polar surface area (TPSA) is 24.9 Å². The van der Waals surface area contributed by atoms with Gasteiger partial charge in [0.15, 0.2) is 11.5 Å². The van der Waals surface area contributed by atoms with Crippen LogP contribution in [0.15, 0.2) is 54.6 Å². The van der Waals surface area contributed by atoms with Crippen LogP contribution < -0.4 is 9.47 Å². The number of rotatable bonds is 5. The summed E-state index contributed by atoms with van der Waals surface area (Å²) in [5, 5.41) is 2.70. The Labute approximate surface area is 203 Å². The second kappa shape index (κ2) is 9.97. The molecule has 4 heteroatoms. The summed E-state index contributed by atoms with van der Waals surface area (Å²) in [6.07, 6.45) is 7.71. The first kappa shape index (κ1) is 21.9. The Hall–Kier alpha value is -2.56. The van der Waals surface area contributed by atoms with Gasteiger partial charge in [0.2, 0.25) is 6.79 Å². The molecule has 0 saturated carbocycles. The fourth-order valence-electron chi connectivity index (χ4n) is 6.05. The van der Waals surface area contributed by atoms with Gasteiger partial charge in [-0.2, -0.15) is 0 Å². The molecule has 3 heterocycles. The van der Waals surface area contributed by atoms with Crippen molar-refractivity contribution in [1.29, 1.82) is 0 Å². The molecule has 0 spiro atoms. The normalized spacial score (nSPS) is 21.2. The van der Waals surface area contributed by atoms with Crippen LogP contribution in [0.2, 0.25) is 0 Å². The molecule has 0 N–H and O–H groups in total. The van der Waals surface area contributed by atoms with E-state index in [0.717, 1.165) is 43.3 Å². The maximum Gasteiger partial charge on any atom is 0.231 e. The lowest BCUT2D eigenvalue weighted by molar-refractivity contribution is 0.147. The molecule has 3 aliphatic heterocycles. The quantitative estimate of drug-likeness (QED) is 0.494. The summed E-state index contributed by atoms with van der Waals surface area (Å²) >= 11 is 0. The van der Waals surface area contributed by atoms with E-state index in [-0.39, 0.29) is 0 Å². The molecule has 3 aromatic carbocycles. The van der Waals surface area contributed by atoms with Crippen molar-refractivity contribution in [3.63, 3.8) is 0 Å². The van der Waals surface area contributed by atoms with E-state index in [0.29, 0.717) is 6.79 Å². The van der Waals surface area contributed by atoms with Gasteiger partial charge in [0.1, 0.15) is 0 Å². The number of likely N-dealkylation sites (tertiary alicyclic amines) is 1. The van der Waals surface area contributed by atoms with E-state index in [1.54, 1.807) is 0 Å². The maximum absolute atomic E-state index is 5.63. The molecule has 6 rings (SSSR count). The van der Waals surface area contributed by atoms with Crippen LogP contribution in [0.5, 0.6) is 11.5 Å². The van der Waals surface area contributed by atoms with Crippen molar-refractivity contribution < 1.29 is 9.47 Å². The third-order valence-corrected chi connectivity index (χ3v) is 7.94. The van der Waals surface area contributed by atoms with Crippen LogP contribution in [-0.2, 0) is 19.4 Å². The smallest absolute Gasteiger partial charge is 0.231 e. The van der Waals surface area contributed by atoms with Crippen molar-refractivity contribution in [1.82, 2.24) is 9.80 Å². The van der Waals surface area contributed by atoms with Crippen LogP contribution in [0, 0.1) is 5.92 Å². The summed E-state index contributed by atoms with van der Waals surface area (Å²) in [4.78, 5) is 5.42. The van der Waals surface area contributed by atoms with Gasteiger partial charge < -0.3 is 14.4 Å². The van der Waals surface area contributed by atoms with Gasteiger partial charge in [0.05, 0.1) is 0 Å². The predicted octanol–water partition coefficient (Wildman–Crippen LogP) is 5.66. The first-order valence-electron chi connectivity index (χ1n) is 13.1. The highest BCUT2D eigenvalue weighted by Crippen LogP contribution is 2.37. The van der Waals surface area contributed by atoms with E-state index in [1.807, 2.05) is 0 Å². The van der Waals surface area contributed by atoms with Crippen LogP contribution >= 0.6 is 0 Å². The van der Waals surface area contributed by atoms with Crippen molar-refractivity contribution in [2.45, 2.75) is 45.1 Å². The Kier molecular flexibility index (Phi) is 6.43. The molecule has 0 aromatic heterocycles. The molecule has 1 saturated heterocycles. The van der Waals surface area contributed by atoms with Crippen LogP contribution in [0.3, 0.4) is 0 Å². The van der Waals surface area contributed by atoms with Crippen LogP contribution in [0.25, 0.3) is 10.8 Å². The van der Waals surface area contributed by atoms with Crippen molar-refractivity contribution in [3.8, 4) is 11.5 Å². The molecular weight excluding hydrogens is 420 g/mol. The zero-order valence-electron chi connectivity index (χ0n) is 20.2. The van der Waals surface area contributed by atoms with E-state index in [9.17, 15) is 0 Å². The molecule has 0 bridgehead atoms. The van der Waals surface area contributed by atoms with E-state index >= 15 is 0 Å². The summed E-state index contributed by atoms with van der Waals surface area (Å²) in [6, 6.07) is 20.1. The second-order valence-corrected chi connectivity index (χ2v) is 10.4. The Bertz CT molecular complexity index is 1140. The van der Waals surface area contributed by atoms with Gasteiger partial charge in [-0.15, -0.1) is 0 Å². The molecule has 4 nitrogen and oxygen atoms in total. The van der Waals surface area contributed by atoms with Crippen LogP contribution in [-0.4, -0.2) is 49.3 Å². The van der Waals surface area contributed by atoms with Gasteiger partial charge >= 0.3 is 0 Å². The number of benzene rings is 3. The summed E-state index contributed by atoms with van der Waals surface area (Å²) in [7, 11) is 0. The van der Waals surface area contributed by atoms with Gasteiger partial charge in [-0.3, -0.25) is 4.90 Å². The van der Waals surface area contributed by atoms with E-state index in [1.165, 1.54) is 79.3 Å². The van der Waals surface area contributed by atoms with Gasteiger partial charge in [-0.25, -0.2) is 0 Å². The second-order valence-electron chi connectivity index (χ2n) is 10.4. The largest absolute Gasteiger partial charge is 0.454 e. The van der Waals surface area contributed by atoms with Gasteiger partial charge in [0.25, 0.3) is 0 Å². The van der Waals surface area contributed by atoms with Crippen molar-refractivity contribution in [3.05, 3.63) is 71.3 Å². The van der Waals surface area contributed by atoms with Crippen LogP contribution in [0.1, 0.15) is 42.4 Å². The molecule has 1 unspecified atom stereocenters. The third kappa shape index (κ3) is 4.94. The highest BCUT2D eigenvalue weighted by molar-refractivity contribution is 5.82. The summed E-state index contributed by atoms with van der Waals surface area (Å²) in [5.41, 5.74) is 4.33. The predicted molar refractivity (Wildman–Crippen MR) is 138 cm³/mol. The Morgan fingerprint density at radius 1 is 0.794 bits per heavy atom. The third-order valence-electron chi connectivity index (χ3n) is 7.94. The SMILES string of the molecule is c1ccc2cc(CCN3CCCCCC(CN4CCc5cc6c(cc5C4)OCO6)C3)ccc2c1. The Morgan fingerprint density at radius 3 is 2.56 bits per heavy atom. The number of hydrogen-bond acceptors (Lipinski definition) is 4. The molecule has 3 aromatic rings. The monoisotopic (exact) mass is 456 g/mol. The van der Waals surface area contributed by atoms with Crippen molar-refractivity contribution in [2.75, 3.05) is 39.5 Å². The van der Waals surface area contributed by atoms with E-state index < -0.39 is 0 Å². The maximum atomic E-state index is 5.63. The van der Waals surface area contributed by atoms with Crippen molar-refractivity contribution >= 4 is 10.8 Å². The molecule has 34 heavy (non-hydrogen) atoms. The van der Waals surface area contributed by atoms with Gasteiger partial charge in [0, 0.05) is 32.7 Å². The number of hydrogen-bond donors (Lipinski definition) is 0. The lowest BCUT2D eigenvalue weighted by Crippen LogP contribution is -2.40. The highest BCUT2D eigenvalue weighted by atomic mass is 16.7. The molecule has 0 radical (unpaired) electrons. The van der Waals surface area contributed by atoms with Gasteiger partial charge in [-0.1, -0.05) is 55.3 Å². The summed E-state index contributed by atoms with van der Waals surface area (Å²) in [5.74, 6) is 2.60. The lowest BCUT2D eigenvalue weighted by Gasteiger charge is -2.35. The zero-order valence-corrected chi connectivity index (χ0v) is 20.2. The fraction of sp³-hybridized carbons (Fsp3) is 0.467. The molecule has 1 fully saturated rings. The number of ether oxygens (including phenoxy) is 2. The van der Waals surface area contributed by atoms with E-state index in [4.69, 9.17) is 9.47 Å². The minimum Gasteiger partial charge on any atom is -0.454 e. The minimum atomic E-state index is 0.360. The van der Waals surface area contributed by atoms with Gasteiger partial charge in [-0.05, 0) is 77.7 Å². The lowest BCUT2D eigenvalue weighted by atomic mass is 9.94. The van der Waals surface area contributed by atoms with Crippen molar-refractivity contribution in [2.24, 2.45) is 5.92 Å². The minimum absolute atomic E-state index is 0.360. The zero-order chi connectivity index (χ0) is 22.7. The summed E-state index contributed by atoms with van der Waals surface area (Å²) < 4.78 is 11.2. The average molecular weight is 457 g/mol. The standard InChI is InChI=1S/C30H36N2O2/c1-2-6-24(20-32-15-12-27-17-29-30(34-22-33-29)18-28(27)21-32)19-31(13-5-1)14-11-23-9-10-25-7-3-4-8-26(25)16-23/h3-4,7-10,16-18,24H,1-2,5-6,11-15,19-22H2. The average Bonchev–Trinajstić information content (AvgIpc) is 3.30.